The number of carbonyl (C=O) groups is 2. The Morgan fingerprint density at radius 1 is 1.11 bits per heavy atom. The lowest BCUT2D eigenvalue weighted by molar-refractivity contribution is -0.180. The molecule has 1 saturated carbocycles. The number of urea groups is 1. The standard InChI is InChI=1S/C21H21ClN2O3/c22-16-10-8-15(9-11-16)19-18-17(25)7-4-12-21(18,27)24(20(26)23-19)13-14-5-2-1-3-6-14/h1-3,5-6,8-11,18-19,27H,4,7,12-13H2,(H,23,26). The Kier molecular flexibility index (Phi) is 4.66. The van der Waals surface area contributed by atoms with Crippen molar-refractivity contribution >= 4 is 23.4 Å². The number of hydrogen-bond acceptors (Lipinski definition) is 3. The number of hydrogen-bond donors (Lipinski definition) is 2. The van der Waals surface area contributed by atoms with Gasteiger partial charge in [-0.3, -0.25) is 9.69 Å². The van der Waals surface area contributed by atoms with Crippen LogP contribution in [0.3, 0.4) is 0 Å². The number of halogens is 1. The number of benzene rings is 2. The van der Waals surface area contributed by atoms with Crippen LogP contribution in [0.25, 0.3) is 0 Å². The van der Waals surface area contributed by atoms with E-state index in [2.05, 4.69) is 5.32 Å². The van der Waals surface area contributed by atoms with Gasteiger partial charge in [-0.25, -0.2) is 4.79 Å². The predicted octanol–water partition coefficient (Wildman–Crippen LogP) is 3.66. The Hall–Kier alpha value is -2.37. The van der Waals surface area contributed by atoms with Crippen LogP contribution in [0.15, 0.2) is 54.6 Å². The Bertz CT molecular complexity index is 855. The number of nitrogens with zero attached hydrogens (tertiary/aromatic N) is 1. The molecule has 6 heteroatoms. The van der Waals surface area contributed by atoms with E-state index in [0.717, 1.165) is 11.1 Å². The van der Waals surface area contributed by atoms with Gasteiger partial charge in [0.25, 0.3) is 0 Å². The molecule has 2 aromatic rings. The molecule has 0 spiro atoms. The van der Waals surface area contributed by atoms with Crippen molar-refractivity contribution in [2.24, 2.45) is 5.92 Å². The third kappa shape index (κ3) is 3.22. The van der Waals surface area contributed by atoms with Gasteiger partial charge in [-0.05, 0) is 36.1 Å². The second kappa shape index (κ2) is 6.98. The van der Waals surface area contributed by atoms with E-state index in [1.54, 1.807) is 24.3 Å². The van der Waals surface area contributed by atoms with Crippen molar-refractivity contribution in [1.29, 1.82) is 0 Å². The van der Waals surface area contributed by atoms with Crippen molar-refractivity contribution < 1.29 is 14.7 Å². The molecule has 2 N–H and O–H groups in total. The van der Waals surface area contributed by atoms with E-state index in [0.29, 0.717) is 24.3 Å². The summed E-state index contributed by atoms with van der Waals surface area (Å²) in [5, 5.41) is 15.1. The lowest BCUT2D eigenvalue weighted by Crippen LogP contribution is -2.69. The summed E-state index contributed by atoms with van der Waals surface area (Å²) in [6.07, 6.45) is 1.36. The number of rotatable bonds is 3. The Labute approximate surface area is 162 Å². The van der Waals surface area contributed by atoms with E-state index in [9.17, 15) is 14.7 Å². The maximum Gasteiger partial charge on any atom is 0.320 e. The van der Waals surface area contributed by atoms with Gasteiger partial charge in [0.2, 0.25) is 0 Å². The first-order valence-electron chi connectivity index (χ1n) is 9.12. The molecule has 0 aromatic heterocycles. The molecule has 0 bridgehead atoms. The fraction of sp³-hybridized carbons (Fsp3) is 0.333. The van der Waals surface area contributed by atoms with Crippen molar-refractivity contribution in [3.05, 3.63) is 70.7 Å². The van der Waals surface area contributed by atoms with Gasteiger partial charge in [-0.15, -0.1) is 0 Å². The summed E-state index contributed by atoms with van der Waals surface area (Å²) < 4.78 is 0. The van der Waals surface area contributed by atoms with Crippen LogP contribution in [0.5, 0.6) is 0 Å². The van der Waals surface area contributed by atoms with Crippen molar-refractivity contribution in [3.63, 3.8) is 0 Å². The summed E-state index contributed by atoms with van der Waals surface area (Å²) >= 11 is 5.97. The minimum Gasteiger partial charge on any atom is -0.370 e. The second-order valence-corrected chi connectivity index (χ2v) is 7.66. The average Bonchev–Trinajstić information content (AvgIpc) is 2.66. The molecule has 2 aromatic carbocycles. The normalized spacial score (nSPS) is 27.9. The zero-order valence-corrected chi connectivity index (χ0v) is 15.5. The molecule has 27 heavy (non-hydrogen) atoms. The molecule has 5 nitrogen and oxygen atoms in total. The lowest BCUT2D eigenvalue weighted by atomic mass is 9.71. The Morgan fingerprint density at radius 2 is 1.81 bits per heavy atom. The minimum absolute atomic E-state index is 0.0261. The van der Waals surface area contributed by atoms with Gasteiger partial charge < -0.3 is 10.4 Å². The van der Waals surface area contributed by atoms with Crippen LogP contribution in [0.2, 0.25) is 5.02 Å². The molecule has 3 atom stereocenters. The summed E-state index contributed by atoms with van der Waals surface area (Å²) in [5.74, 6) is -0.740. The molecule has 2 aliphatic rings. The maximum atomic E-state index is 12.9. The first kappa shape index (κ1) is 18.0. The minimum atomic E-state index is -1.50. The molecule has 1 aliphatic carbocycles. The van der Waals surface area contributed by atoms with Crippen molar-refractivity contribution in [2.45, 2.75) is 37.6 Å². The van der Waals surface area contributed by atoms with Gasteiger partial charge in [-0.1, -0.05) is 54.1 Å². The number of fused-ring (bicyclic) bond motifs is 1. The monoisotopic (exact) mass is 384 g/mol. The van der Waals surface area contributed by atoms with E-state index in [-0.39, 0.29) is 18.4 Å². The van der Waals surface area contributed by atoms with Gasteiger partial charge in [0.15, 0.2) is 5.72 Å². The molecule has 0 radical (unpaired) electrons. The Balaban J connectivity index is 1.72. The zero-order chi connectivity index (χ0) is 19.0. The molecule has 1 saturated heterocycles. The molecule has 140 valence electrons. The summed E-state index contributed by atoms with van der Waals surface area (Å²) in [6, 6.07) is 15.6. The number of amides is 2. The first-order valence-corrected chi connectivity index (χ1v) is 9.49. The van der Waals surface area contributed by atoms with Crippen LogP contribution in [0.4, 0.5) is 4.79 Å². The maximum absolute atomic E-state index is 12.9. The molecule has 4 rings (SSSR count). The largest absolute Gasteiger partial charge is 0.370 e. The quantitative estimate of drug-likeness (QED) is 0.848. The highest BCUT2D eigenvalue weighted by Crippen LogP contribution is 2.45. The molecular formula is C21H21ClN2O3. The highest BCUT2D eigenvalue weighted by molar-refractivity contribution is 6.30. The first-order chi connectivity index (χ1) is 13.0. The predicted molar refractivity (Wildman–Crippen MR) is 102 cm³/mol. The van der Waals surface area contributed by atoms with E-state index in [4.69, 9.17) is 11.6 Å². The van der Waals surface area contributed by atoms with Crippen LogP contribution in [0, 0.1) is 5.92 Å². The lowest BCUT2D eigenvalue weighted by Gasteiger charge is -2.53. The van der Waals surface area contributed by atoms with Crippen molar-refractivity contribution in [1.82, 2.24) is 10.2 Å². The molecule has 3 unspecified atom stereocenters. The molecule has 1 heterocycles. The summed E-state index contributed by atoms with van der Waals surface area (Å²) in [7, 11) is 0. The van der Waals surface area contributed by atoms with Crippen molar-refractivity contribution in [3.8, 4) is 0 Å². The fourth-order valence-electron chi connectivity index (χ4n) is 4.24. The van der Waals surface area contributed by atoms with Crippen LogP contribution >= 0.6 is 11.6 Å². The van der Waals surface area contributed by atoms with Crippen molar-refractivity contribution in [2.75, 3.05) is 0 Å². The highest BCUT2D eigenvalue weighted by Gasteiger charge is 2.57. The summed E-state index contributed by atoms with van der Waals surface area (Å²) in [4.78, 5) is 27.2. The Morgan fingerprint density at radius 3 is 2.52 bits per heavy atom. The smallest absolute Gasteiger partial charge is 0.320 e. The second-order valence-electron chi connectivity index (χ2n) is 7.23. The van der Waals surface area contributed by atoms with E-state index in [1.165, 1.54) is 4.90 Å². The van der Waals surface area contributed by atoms with Gasteiger partial charge in [0.05, 0.1) is 18.5 Å². The molecule has 2 amide bonds. The van der Waals surface area contributed by atoms with Crippen LogP contribution in [0.1, 0.15) is 36.4 Å². The number of Topliss-reactive ketones (excluding diaryl/α,β-unsaturated/α-hetero) is 1. The number of aliphatic hydroxyl groups is 1. The van der Waals surface area contributed by atoms with E-state index in [1.807, 2.05) is 30.3 Å². The van der Waals surface area contributed by atoms with Gasteiger partial charge in [0.1, 0.15) is 5.78 Å². The summed E-state index contributed by atoms with van der Waals surface area (Å²) in [5.41, 5.74) is 0.172. The molecule has 2 fully saturated rings. The SMILES string of the molecule is O=C1CCCC2(O)C1C(c1ccc(Cl)cc1)NC(=O)N2Cc1ccccc1. The van der Waals surface area contributed by atoms with Crippen LogP contribution < -0.4 is 5.32 Å². The van der Waals surface area contributed by atoms with Crippen LogP contribution in [-0.4, -0.2) is 27.5 Å². The van der Waals surface area contributed by atoms with E-state index >= 15 is 0 Å². The van der Waals surface area contributed by atoms with Crippen LogP contribution in [-0.2, 0) is 11.3 Å². The van der Waals surface area contributed by atoms with Gasteiger partial charge in [0, 0.05) is 11.4 Å². The molecule has 1 aliphatic heterocycles. The number of carbonyl (C=O) groups excluding carboxylic acids is 2. The third-order valence-corrected chi connectivity index (χ3v) is 5.80. The summed E-state index contributed by atoms with van der Waals surface area (Å²) in [6.45, 7) is 0.250. The topological polar surface area (TPSA) is 69.6 Å². The third-order valence-electron chi connectivity index (χ3n) is 5.55. The zero-order valence-electron chi connectivity index (χ0n) is 14.8. The number of ketones is 1. The average molecular weight is 385 g/mol. The fourth-order valence-corrected chi connectivity index (χ4v) is 4.36. The van der Waals surface area contributed by atoms with Gasteiger partial charge in [-0.2, -0.15) is 0 Å². The van der Waals surface area contributed by atoms with Gasteiger partial charge >= 0.3 is 6.03 Å². The van der Waals surface area contributed by atoms with E-state index < -0.39 is 17.7 Å². The number of nitrogens with one attached hydrogen (secondary N) is 1. The molecular weight excluding hydrogens is 364 g/mol. The highest BCUT2D eigenvalue weighted by atomic mass is 35.5.